The van der Waals surface area contributed by atoms with Crippen molar-refractivity contribution >= 4 is 34.3 Å². The van der Waals surface area contributed by atoms with Gasteiger partial charge in [-0.15, -0.1) is 11.8 Å². The standard InChI is InChI=1S/C26H24ClN3OS/c1-14-7-5-8-16-11-19-22-20(13-32-24(19)28-23(14)16)26(3,4)31-25-21(22)15(2)29-30(25)18-10-6-9-17(27)12-18/h5-12,20,22H,13H2,1-4H3/t20-,22+/m0/s1. The van der Waals surface area contributed by atoms with E-state index in [2.05, 4.69) is 52.0 Å². The van der Waals surface area contributed by atoms with Gasteiger partial charge in [-0.2, -0.15) is 5.10 Å². The lowest BCUT2D eigenvalue weighted by Gasteiger charge is -2.46. The minimum absolute atomic E-state index is 0.190. The van der Waals surface area contributed by atoms with Crippen molar-refractivity contribution in [3.8, 4) is 11.6 Å². The summed E-state index contributed by atoms with van der Waals surface area (Å²) in [4.78, 5) is 5.11. The predicted molar refractivity (Wildman–Crippen MR) is 131 cm³/mol. The lowest BCUT2D eigenvalue weighted by atomic mass is 9.72. The molecule has 2 aromatic carbocycles. The first kappa shape index (κ1) is 20.1. The maximum atomic E-state index is 6.68. The third-order valence-electron chi connectivity index (χ3n) is 6.86. The second kappa shape index (κ2) is 7.00. The number of aromatic nitrogens is 3. The number of hydrogen-bond acceptors (Lipinski definition) is 4. The predicted octanol–water partition coefficient (Wildman–Crippen LogP) is 6.72. The Kier molecular flexibility index (Phi) is 4.40. The molecule has 0 spiro atoms. The summed E-state index contributed by atoms with van der Waals surface area (Å²) in [6, 6.07) is 16.5. The van der Waals surface area contributed by atoms with Crippen molar-refractivity contribution in [2.75, 3.05) is 5.75 Å². The molecule has 2 aliphatic heterocycles. The number of fused-ring (bicyclic) bond motifs is 6. The fourth-order valence-electron chi connectivity index (χ4n) is 5.21. The number of hydrogen-bond donors (Lipinski definition) is 0. The number of ether oxygens (including phenoxy) is 1. The van der Waals surface area contributed by atoms with Gasteiger partial charge in [0.1, 0.15) is 10.6 Å². The Hall–Kier alpha value is -2.50. The summed E-state index contributed by atoms with van der Waals surface area (Å²) >= 11 is 8.14. The molecule has 0 amide bonds. The monoisotopic (exact) mass is 461 g/mol. The Morgan fingerprint density at radius 2 is 1.94 bits per heavy atom. The number of pyridine rings is 1. The Bertz CT molecular complexity index is 1390. The number of benzene rings is 2. The molecule has 162 valence electrons. The first-order valence-corrected chi connectivity index (χ1v) is 12.3. The molecular formula is C26H24ClN3OS. The average Bonchev–Trinajstić information content (AvgIpc) is 3.07. The number of nitrogens with zero attached hydrogens (tertiary/aromatic N) is 3. The molecule has 2 atom stereocenters. The molecule has 0 saturated heterocycles. The highest BCUT2D eigenvalue weighted by atomic mass is 35.5. The molecule has 32 heavy (non-hydrogen) atoms. The number of thioether (sulfide) groups is 1. The highest BCUT2D eigenvalue weighted by Gasteiger charge is 2.50. The van der Waals surface area contributed by atoms with Gasteiger partial charge in [-0.3, -0.25) is 0 Å². The van der Waals surface area contributed by atoms with E-state index in [0.717, 1.165) is 33.6 Å². The molecule has 0 bridgehead atoms. The van der Waals surface area contributed by atoms with E-state index in [1.165, 1.54) is 22.1 Å². The Morgan fingerprint density at radius 1 is 1.12 bits per heavy atom. The molecule has 0 unspecified atom stereocenters. The lowest BCUT2D eigenvalue weighted by Crippen LogP contribution is -2.47. The van der Waals surface area contributed by atoms with Crippen LogP contribution in [0, 0.1) is 19.8 Å². The zero-order chi connectivity index (χ0) is 22.2. The van der Waals surface area contributed by atoms with Crippen LogP contribution in [0.4, 0.5) is 0 Å². The minimum Gasteiger partial charge on any atom is -0.471 e. The maximum Gasteiger partial charge on any atom is 0.221 e. The van der Waals surface area contributed by atoms with E-state index in [-0.39, 0.29) is 11.5 Å². The van der Waals surface area contributed by atoms with Crippen LogP contribution in [0.25, 0.3) is 16.6 Å². The molecule has 4 aromatic rings. The maximum absolute atomic E-state index is 6.68. The van der Waals surface area contributed by atoms with Crippen LogP contribution in [-0.2, 0) is 0 Å². The summed E-state index contributed by atoms with van der Waals surface area (Å²) in [5.74, 6) is 2.30. The molecule has 4 nitrogen and oxygen atoms in total. The van der Waals surface area contributed by atoms with Crippen LogP contribution in [0.3, 0.4) is 0 Å². The van der Waals surface area contributed by atoms with E-state index in [0.29, 0.717) is 10.9 Å². The number of halogens is 1. The van der Waals surface area contributed by atoms with Crippen LogP contribution in [0.5, 0.6) is 5.88 Å². The van der Waals surface area contributed by atoms with Gasteiger partial charge in [-0.1, -0.05) is 35.9 Å². The largest absolute Gasteiger partial charge is 0.471 e. The van der Waals surface area contributed by atoms with E-state index < -0.39 is 0 Å². The van der Waals surface area contributed by atoms with Gasteiger partial charge < -0.3 is 4.74 Å². The van der Waals surface area contributed by atoms with Gasteiger partial charge in [0.05, 0.1) is 16.9 Å². The lowest BCUT2D eigenvalue weighted by molar-refractivity contribution is 0.0199. The SMILES string of the molecule is Cc1nn(-c2cccc(Cl)c2)c2c1[C@@H]1c3cc4cccc(C)c4nc3SC[C@@H]1C(C)(C)O2. The van der Waals surface area contributed by atoms with Gasteiger partial charge in [0.2, 0.25) is 5.88 Å². The summed E-state index contributed by atoms with van der Waals surface area (Å²) in [6.45, 7) is 8.61. The van der Waals surface area contributed by atoms with Gasteiger partial charge in [0, 0.05) is 33.6 Å². The van der Waals surface area contributed by atoms with Crippen molar-refractivity contribution in [2.24, 2.45) is 5.92 Å². The highest BCUT2D eigenvalue weighted by molar-refractivity contribution is 7.99. The summed E-state index contributed by atoms with van der Waals surface area (Å²) < 4.78 is 8.59. The van der Waals surface area contributed by atoms with Gasteiger partial charge in [0.15, 0.2) is 0 Å². The van der Waals surface area contributed by atoms with Crippen LogP contribution in [0.2, 0.25) is 5.02 Å². The molecule has 6 heteroatoms. The zero-order valence-corrected chi connectivity index (χ0v) is 20.1. The van der Waals surface area contributed by atoms with Crippen molar-refractivity contribution in [3.63, 3.8) is 0 Å². The Morgan fingerprint density at radius 3 is 2.75 bits per heavy atom. The van der Waals surface area contributed by atoms with Crippen LogP contribution < -0.4 is 4.74 Å². The van der Waals surface area contributed by atoms with Gasteiger partial charge in [-0.05, 0) is 63.1 Å². The van der Waals surface area contributed by atoms with E-state index in [9.17, 15) is 0 Å². The third kappa shape index (κ3) is 2.91. The van der Waals surface area contributed by atoms with Crippen molar-refractivity contribution in [3.05, 3.63) is 75.9 Å². The summed E-state index contributed by atoms with van der Waals surface area (Å²) in [5.41, 5.74) is 6.33. The van der Waals surface area contributed by atoms with Gasteiger partial charge in [0.25, 0.3) is 0 Å². The normalized spacial score (nSPS) is 20.9. The first-order valence-electron chi connectivity index (χ1n) is 10.9. The summed E-state index contributed by atoms with van der Waals surface area (Å²) in [5, 5.41) is 7.92. The van der Waals surface area contributed by atoms with Gasteiger partial charge in [-0.25, -0.2) is 9.67 Å². The quantitative estimate of drug-likeness (QED) is 0.315. The Labute approximate surface area is 197 Å². The van der Waals surface area contributed by atoms with E-state index in [4.69, 9.17) is 26.4 Å². The van der Waals surface area contributed by atoms with Crippen LogP contribution in [0.1, 0.15) is 42.1 Å². The fraction of sp³-hybridized carbons (Fsp3) is 0.308. The molecule has 4 heterocycles. The van der Waals surface area contributed by atoms with Crippen LogP contribution in [-0.4, -0.2) is 26.1 Å². The van der Waals surface area contributed by atoms with Crippen LogP contribution >= 0.6 is 23.4 Å². The molecule has 0 saturated carbocycles. The molecule has 0 aliphatic carbocycles. The van der Waals surface area contributed by atoms with E-state index in [1.54, 1.807) is 0 Å². The average molecular weight is 462 g/mol. The van der Waals surface area contributed by atoms with Crippen molar-refractivity contribution < 1.29 is 4.74 Å². The number of rotatable bonds is 1. The van der Waals surface area contributed by atoms with E-state index >= 15 is 0 Å². The number of para-hydroxylation sites is 1. The minimum atomic E-state index is -0.341. The van der Waals surface area contributed by atoms with Crippen molar-refractivity contribution in [1.29, 1.82) is 0 Å². The van der Waals surface area contributed by atoms with Gasteiger partial charge >= 0.3 is 0 Å². The molecule has 2 aliphatic rings. The van der Waals surface area contributed by atoms with Crippen molar-refractivity contribution in [2.45, 2.75) is 44.2 Å². The van der Waals surface area contributed by atoms with Crippen molar-refractivity contribution in [1.82, 2.24) is 14.8 Å². The van der Waals surface area contributed by atoms with Crippen LogP contribution in [0.15, 0.2) is 53.6 Å². The summed E-state index contributed by atoms with van der Waals surface area (Å²) in [7, 11) is 0. The first-order chi connectivity index (χ1) is 15.3. The fourth-order valence-corrected chi connectivity index (χ4v) is 6.83. The topological polar surface area (TPSA) is 39.9 Å². The highest BCUT2D eigenvalue weighted by Crippen LogP contribution is 2.55. The molecule has 0 radical (unpaired) electrons. The zero-order valence-electron chi connectivity index (χ0n) is 18.5. The molecule has 6 rings (SSSR count). The molecule has 2 aromatic heterocycles. The second-order valence-corrected chi connectivity index (χ2v) is 10.8. The second-order valence-electron chi connectivity index (χ2n) is 9.33. The smallest absolute Gasteiger partial charge is 0.221 e. The molecule has 0 N–H and O–H groups in total. The Balaban J connectivity index is 1.61. The third-order valence-corrected chi connectivity index (χ3v) is 8.22. The number of aryl methyl sites for hydroxylation is 2. The molecule has 0 fully saturated rings. The molecular weight excluding hydrogens is 438 g/mol. The van der Waals surface area contributed by atoms with E-state index in [1.807, 2.05) is 40.7 Å². The summed E-state index contributed by atoms with van der Waals surface area (Å²) in [6.07, 6.45) is 0.